The van der Waals surface area contributed by atoms with E-state index in [1.807, 2.05) is 11.8 Å². The first-order chi connectivity index (χ1) is 13.0. The van der Waals surface area contributed by atoms with Gasteiger partial charge < -0.3 is 14.8 Å². The lowest BCUT2D eigenvalue weighted by Gasteiger charge is -2.17. The number of aryl methyl sites for hydroxylation is 1. The highest BCUT2D eigenvalue weighted by molar-refractivity contribution is 8.04. The molecule has 2 aromatic rings. The van der Waals surface area contributed by atoms with Gasteiger partial charge in [0.25, 0.3) is 5.69 Å². The first-order valence-corrected chi connectivity index (χ1v) is 9.35. The fourth-order valence-corrected chi connectivity index (χ4v) is 3.59. The number of nitrogens with one attached hydrogen (secondary N) is 1. The lowest BCUT2D eigenvalue weighted by Crippen LogP contribution is -2.23. The molecule has 3 rings (SSSR count). The van der Waals surface area contributed by atoms with E-state index in [9.17, 15) is 20.0 Å². The lowest BCUT2D eigenvalue weighted by molar-refractivity contribution is -0.384. The smallest absolute Gasteiger partial charge is 0.293 e. The summed E-state index contributed by atoms with van der Waals surface area (Å²) in [6, 6.07) is 4.71. The number of aromatic nitrogens is 3. The van der Waals surface area contributed by atoms with Crippen LogP contribution in [0.2, 0.25) is 0 Å². The van der Waals surface area contributed by atoms with E-state index < -0.39 is 10.9 Å². The number of nitrogens with zero attached hydrogens (tertiary/aromatic N) is 4. The molecule has 142 valence electrons. The molecule has 1 aromatic carbocycles. The zero-order valence-corrected chi connectivity index (χ0v) is 15.5. The zero-order chi connectivity index (χ0) is 19.4. The van der Waals surface area contributed by atoms with Gasteiger partial charge in [-0.05, 0) is 42.3 Å². The van der Waals surface area contributed by atoms with Gasteiger partial charge in [-0.25, -0.2) is 4.98 Å². The molecule has 0 aliphatic carbocycles. The van der Waals surface area contributed by atoms with Crippen LogP contribution in [0, 0.1) is 10.1 Å². The van der Waals surface area contributed by atoms with Gasteiger partial charge in [0.1, 0.15) is 11.5 Å². The summed E-state index contributed by atoms with van der Waals surface area (Å²) in [5.41, 5.74) is 0.918. The molecule has 27 heavy (non-hydrogen) atoms. The van der Waals surface area contributed by atoms with Crippen LogP contribution in [0.15, 0.2) is 28.3 Å². The molecule has 10 heteroatoms. The summed E-state index contributed by atoms with van der Waals surface area (Å²) in [4.78, 5) is 28.5. The number of thioether (sulfide) groups is 1. The van der Waals surface area contributed by atoms with E-state index in [0.29, 0.717) is 23.5 Å². The Morgan fingerprint density at radius 2 is 2.15 bits per heavy atom. The second kappa shape index (κ2) is 8.21. The van der Waals surface area contributed by atoms with Crippen molar-refractivity contribution in [3.8, 4) is 0 Å². The molecule has 1 aliphatic rings. The van der Waals surface area contributed by atoms with Crippen molar-refractivity contribution in [2.75, 3.05) is 18.0 Å². The second-order valence-corrected chi connectivity index (χ2v) is 7.02. The maximum Gasteiger partial charge on any atom is 0.293 e. The molecule has 0 amide bonds. The Kier molecular flexibility index (Phi) is 5.75. The fraction of sp³-hybridized carbons (Fsp3) is 0.353. The van der Waals surface area contributed by atoms with Crippen LogP contribution in [0.4, 0.5) is 11.4 Å². The Morgan fingerprint density at radius 3 is 2.74 bits per heavy atom. The minimum absolute atomic E-state index is 0.0421. The van der Waals surface area contributed by atoms with E-state index in [1.165, 1.54) is 12.1 Å². The first-order valence-electron chi connectivity index (χ1n) is 8.53. The number of rotatable bonds is 7. The van der Waals surface area contributed by atoms with Gasteiger partial charge in [0.15, 0.2) is 0 Å². The van der Waals surface area contributed by atoms with Crippen molar-refractivity contribution in [2.24, 2.45) is 0 Å². The highest BCUT2D eigenvalue weighted by Gasteiger charge is 2.22. The van der Waals surface area contributed by atoms with Crippen LogP contribution >= 0.6 is 11.8 Å². The molecule has 0 radical (unpaired) electrons. The van der Waals surface area contributed by atoms with Crippen LogP contribution in [0.3, 0.4) is 0 Å². The van der Waals surface area contributed by atoms with Crippen molar-refractivity contribution < 1.29 is 14.8 Å². The Morgan fingerprint density at radius 1 is 1.41 bits per heavy atom. The van der Waals surface area contributed by atoms with Gasteiger partial charge in [0, 0.05) is 30.5 Å². The van der Waals surface area contributed by atoms with E-state index in [1.54, 1.807) is 12.1 Å². The third-order valence-electron chi connectivity index (χ3n) is 4.19. The summed E-state index contributed by atoms with van der Waals surface area (Å²) >= 11 is 0.837. The maximum absolute atomic E-state index is 11.5. The van der Waals surface area contributed by atoms with E-state index in [2.05, 4.69) is 15.2 Å². The monoisotopic (exact) mass is 388 g/mol. The number of H-pyrrole nitrogens is 1. The molecule has 1 N–H and O–H groups in total. The van der Waals surface area contributed by atoms with E-state index in [-0.39, 0.29) is 15.7 Å². The molecule has 1 fully saturated rings. The quantitative estimate of drug-likeness (QED) is 0.329. The van der Waals surface area contributed by atoms with Gasteiger partial charge in [-0.2, -0.15) is 0 Å². The van der Waals surface area contributed by atoms with Gasteiger partial charge in [0.05, 0.1) is 10.9 Å². The molecule has 1 saturated heterocycles. The number of aromatic amines is 1. The number of nitro benzene ring substituents is 1. The number of carboxylic acid groups (broad SMARTS) is 1. The predicted octanol–water partition coefficient (Wildman–Crippen LogP) is 1.76. The fourth-order valence-electron chi connectivity index (χ4n) is 2.86. The van der Waals surface area contributed by atoms with Crippen molar-refractivity contribution in [1.29, 1.82) is 0 Å². The van der Waals surface area contributed by atoms with E-state index >= 15 is 0 Å². The molecule has 0 unspecified atom stereocenters. The molecular weight excluding hydrogens is 370 g/mol. The summed E-state index contributed by atoms with van der Waals surface area (Å²) in [7, 11) is 0. The average molecular weight is 388 g/mol. The number of carboxylic acids is 1. The van der Waals surface area contributed by atoms with Crippen LogP contribution in [0.5, 0.6) is 0 Å². The molecule has 0 saturated carbocycles. The lowest BCUT2D eigenvalue weighted by atomic mass is 10.1. The number of hydrogen-bond acceptors (Lipinski definition) is 8. The van der Waals surface area contributed by atoms with Crippen molar-refractivity contribution in [3.05, 3.63) is 44.6 Å². The molecule has 0 spiro atoms. The highest BCUT2D eigenvalue weighted by Crippen LogP contribution is 2.33. The summed E-state index contributed by atoms with van der Waals surface area (Å²) in [5.74, 6) is -0.755. The van der Waals surface area contributed by atoms with Gasteiger partial charge >= 0.3 is 0 Å². The summed E-state index contributed by atoms with van der Waals surface area (Å²) in [6.07, 6.45) is 3.98. The predicted molar refractivity (Wildman–Crippen MR) is 99.1 cm³/mol. The largest absolute Gasteiger partial charge is 0.544 e. The van der Waals surface area contributed by atoms with E-state index in [4.69, 9.17) is 0 Å². The van der Waals surface area contributed by atoms with Crippen LogP contribution in [0.25, 0.3) is 6.08 Å². The Hall–Kier alpha value is -2.88. The number of anilines is 1. The molecule has 0 bridgehead atoms. The SMILES string of the molecule is CCc1nc(S/C(=C/c2ccc(N3CCCC3)c([N+](=O)[O-])c2)C(=O)[O-])n[nH]1. The number of carbonyl (C=O) groups is 1. The highest BCUT2D eigenvalue weighted by atomic mass is 32.2. The second-order valence-electron chi connectivity index (χ2n) is 6.02. The molecule has 1 aromatic heterocycles. The van der Waals surface area contributed by atoms with Crippen LogP contribution in [-0.2, 0) is 11.2 Å². The van der Waals surface area contributed by atoms with E-state index in [0.717, 1.165) is 37.7 Å². The number of hydrogen-bond donors (Lipinski definition) is 1. The molecule has 0 atom stereocenters. The van der Waals surface area contributed by atoms with Crippen molar-refractivity contribution >= 4 is 35.2 Å². The molecule has 2 heterocycles. The molecule has 1 aliphatic heterocycles. The van der Waals surface area contributed by atoms with Crippen LogP contribution in [0.1, 0.15) is 31.2 Å². The van der Waals surface area contributed by atoms with Gasteiger partial charge in [-0.15, -0.1) is 5.10 Å². The van der Waals surface area contributed by atoms with Crippen molar-refractivity contribution in [2.45, 2.75) is 31.3 Å². The number of nitro groups is 1. The molecule has 9 nitrogen and oxygen atoms in total. The minimum Gasteiger partial charge on any atom is -0.544 e. The Labute approximate surface area is 159 Å². The Balaban J connectivity index is 1.91. The van der Waals surface area contributed by atoms with Crippen LogP contribution < -0.4 is 10.0 Å². The summed E-state index contributed by atoms with van der Waals surface area (Å²) in [5, 5.41) is 29.9. The first kappa shape index (κ1) is 18.9. The van der Waals surface area contributed by atoms with Gasteiger partial charge in [-0.3, -0.25) is 15.2 Å². The zero-order valence-electron chi connectivity index (χ0n) is 14.7. The normalized spacial score (nSPS) is 14.6. The minimum atomic E-state index is -1.39. The van der Waals surface area contributed by atoms with Gasteiger partial charge in [-0.1, -0.05) is 13.0 Å². The Bertz CT molecular complexity index is 889. The third kappa shape index (κ3) is 4.45. The van der Waals surface area contributed by atoms with Crippen molar-refractivity contribution in [1.82, 2.24) is 15.2 Å². The van der Waals surface area contributed by atoms with Gasteiger partial charge in [0.2, 0.25) is 5.16 Å². The third-order valence-corrected chi connectivity index (χ3v) is 5.06. The summed E-state index contributed by atoms with van der Waals surface area (Å²) < 4.78 is 0. The number of aliphatic carboxylic acids is 1. The maximum atomic E-state index is 11.5. The number of benzene rings is 1. The topological polar surface area (TPSA) is 128 Å². The van der Waals surface area contributed by atoms with Crippen LogP contribution in [-0.4, -0.2) is 39.2 Å². The average Bonchev–Trinajstić information content (AvgIpc) is 3.32. The van der Waals surface area contributed by atoms with Crippen molar-refractivity contribution in [3.63, 3.8) is 0 Å². The summed E-state index contributed by atoms with van der Waals surface area (Å²) in [6.45, 7) is 3.45. The molecular formula is C17H18N5O4S-. The standard InChI is InChI=1S/C17H19N5O4S/c1-2-15-18-17(20-19-15)27-14(16(23)24)10-11-5-6-12(13(9-11)22(25)26)21-7-3-4-8-21/h5-6,9-10H,2-4,7-8H2,1H3,(H,23,24)(H,18,19,20)/p-1/b14-10+. The number of carbonyl (C=O) groups excluding carboxylic acids is 1.